The van der Waals surface area contributed by atoms with Gasteiger partial charge in [-0.25, -0.2) is 17.5 Å². The number of rotatable bonds is 7. The normalized spacial score (nSPS) is 11.7. The van der Waals surface area contributed by atoms with E-state index in [2.05, 4.69) is 10.0 Å². The minimum absolute atomic E-state index is 0.110. The van der Waals surface area contributed by atoms with Gasteiger partial charge in [0.1, 0.15) is 0 Å². The highest BCUT2D eigenvalue weighted by Crippen LogP contribution is 2.18. The predicted molar refractivity (Wildman–Crippen MR) is 103 cm³/mol. The van der Waals surface area contributed by atoms with Crippen LogP contribution in [0.1, 0.15) is 19.4 Å². The lowest BCUT2D eigenvalue weighted by Gasteiger charge is -2.10. The van der Waals surface area contributed by atoms with Gasteiger partial charge < -0.3 is 10.1 Å². The molecule has 0 saturated carbocycles. The Morgan fingerprint density at radius 3 is 2.37 bits per heavy atom. The molecule has 0 saturated heterocycles. The number of anilines is 1. The number of hydrogen-bond acceptors (Lipinski definition) is 4. The van der Waals surface area contributed by atoms with Crippen LogP contribution in [0.2, 0.25) is 0 Å². The Morgan fingerprint density at radius 2 is 1.81 bits per heavy atom. The van der Waals surface area contributed by atoms with Crippen LogP contribution in [0.15, 0.2) is 53.4 Å². The van der Waals surface area contributed by atoms with Gasteiger partial charge in [-0.15, -0.1) is 0 Å². The van der Waals surface area contributed by atoms with Crippen molar-refractivity contribution in [1.82, 2.24) is 4.72 Å². The number of nitrogens with one attached hydrogen (secondary N) is 2. The minimum Gasteiger partial charge on any atom is -0.494 e. The topological polar surface area (TPSA) is 84.5 Å². The number of carbonyl (C=O) groups is 1. The molecule has 2 aromatic rings. The van der Waals surface area contributed by atoms with Crippen molar-refractivity contribution in [3.63, 3.8) is 0 Å². The first-order chi connectivity index (χ1) is 12.7. The highest BCUT2D eigenvalue weighted by atomic mass is 32.2. The van der Waals surface area contributed by atoms with E-state index in [1.165, 1.54) is 55.7 Å². The lowest BCUT2D eigenvalue weighted by molar-refractivity contribution is -0.111. The molecular formula is C19H21FN2O4S. The van der Waals surface area contributed by atoms with E-state index in [-0.39, 0.29) is 16.7 Å². The van der Waals surface area contributed by atoms with Gasteiger partial charge in [0.2, 0.25) is 15.9 Å². The number of ether oxygens (including phenoxy) is 1. The summed E-state index contributed by atoms with van der Waals surface area (Å²) >= 11 is 0. The first-order valence-corrected chi connectivity index (χ1v) is 9.64. The van der Waals surface area contributed by atoms with Crippen LogP contribution in [0, 0.1) is 5.82 Å². The van der Waals surface area contributed by atoms with Crippen molar-refractivity contribution in [3.05, 3.63) is 59.9 Å². The highest BCUT2D eigenvalue weighted by molar-refractivity contribution is 7.89. The average molecular weight is 392 g/mol. The fourth-order valence-electron chi connectivity index (χ4n) is 2.24. The molecule has 0 bridgehead atoms. The predicted octanol–water partition coefficient (Wildman–Crippen LogP) is 3.17. The number of sulfonamides is 1. The van der Waals surface area contributed by atoms with Crippen LogP contribution in [0.25, 0.3) is 6.08 Å². The van der Waals surface area contributed by atoms with E-state index in [9.17, 15) is 17.6 Å². The Morgan fingerprint density at radius 1 is 1.15 bits per heavy atom. The number of halogens is 1. The van der Waals surface area contributed by atoms with E-state index in [0.717, 1.165) is 0 Å². The van der Waals surface area contributed by atoms with Crippen LogP contribution in [0.3, 0.4) is 0 Å². The number of benzene rings is 2. The first kappa shape index (κ1) is 20.6. The minimum atomic E-state index is -3.58. The van der Waals surface area contributed by atoms with Gasteiger partial charge in [0, 0.05) is 17.8 Å². The maximum absolute atomic E-state index is 13.6. The molecule has 0 spiro atoms. The second-order valence-electron chi connectivity index (χ2n) is 6.02. The van der Waals surface area contributed by atoms with Gasteiger partial charge in [0.25, 0.3) is 0 Å². The number of methoxy groups -OCH3 is 1. The van der Waals surface area contributed by atoms with Crippen molar-refractivity contribution in [3.8, 4) is 5.75 Å². The van der Waals surface area contributed by atoms with Gasteiger partial charge in [-0.1, -0.05) is 6.07 Å². The summed E-state index contributed by atoms with van der Waals surface area (Å²) in [6.07, 6.45) is 2.72. The Hall–Kier alpha value is -2.71. The zero-order chi connectivity index (χ0) is 20.0. The third kappa shape index (κ3) is 5.90. The molecule has 6 nitrogen and oxygen atoms in total. The number of carbonyl (C=O) groups excluding carboxylic acids is 1. The average Bonchev–Trinajstić information content (AvgIpc) is 2.59. The summed E-state index contributed by atoms with van der Waals surface area (Å²) in [6.45, 7) is 3.46. The molecule has 0 aliphatic heterocycles. The quantitative estimate of drug-likeness (QED) is 0.709. The molecule has 0 aliphatic rings. The molecule has 27 heavy (non-hydrogen) atoms. The van der Waals surface area contributed by atoms with Crippen molar-refractivity contribution >= 4 is 27.7 Å². The van der Waals surface area contributed by atoms with E-state index in [1.54, 1.807) is 19.9 Å². The monoisotopic (exact) mass is 392 g/mol. The molecule has 0 fully saturated rings. The van der Waals surface area contributed by atoms with Crippen LogP contribution < -0.4 is 14.8 Å². The zero-order valence-electron chi connectivity index (χ0n) is 15.2. The van der Waals surface area contributed by atoms with Gasteiger partial charge in [-0.2, -0.15) is 0 Å². The molecule has 2 rings (SSSR count). The largest absolute Gasteiger partial charge is 0.494 e. The Labute approximate surface area is 158 Å². The van der Waals surface area contributed by atoms with Crippen LogP contribution in [0.4, 0.5) is 10.1 Å². The number of amides is 1. The molecule has 2 aromatic carbocycles. The molecule has 0 radical (unpaired) electrons. The summed E-state index contributed by atoms with van der Waals surface area (Å²) in [4.78, 5) is 12.1. The van der Waals surface area contributed by atoms with Gasteiger partial charge in [0.05, 0.1) is 12.0 Å². The molecule has 0 aromatic heterocycles. The molecule has 1 amide bonds. The molecule has 0 aliphatic carbocycles. The molecule has 2 N–H and O–H groups in total. The summed E-state index contributed by atoms with van der Waals surface area (Å²) in [7, 11) is -2.21. The van der Waals surface area contributed by atoms with E-state index < -0.39 is 21.7 Å². The lowest BCUT2D eigenvalue weighted by Crippen LogP contribution is -2.30. The maximum Gasteiger partial charge on any atom is 0.248 e. The fourth-order valence-corrected chi connectivity index (χ4v) is 3.49. The van der Waals surface area contributed by atoms with E-state index in [1.807, 2.05) is 0 Å². The highest BCUT2D eigenvalue weighted by Gasteiger charge is 2.14. The van der Waals surface area contributed by atoms with Gasteiger partial charge in [0.15, 0.2) is 11.6 Å². The summed E-state index contributed by atoms with van der Waals surface area (Å²) in [5.74, 6) is -0.826. The summed E-state index contributed by atoms with van der Waals surface area (Å²) in [5, 5.41) is 2.61. The standard InChI is InChI=1S/C19H21FN2O4S/c1-13(2)22-27(24,25)16-8-6-15(7-9-16)21-19(23)11-5-14-4-10-18(26-3)17(20)12-14/h4-13,22H,1-3H3,(H,21,23)/b11-5+. The first-order valence-electron chi connectivity index (χ1n) is 8.16. The van der Waals surface area contributed by atoms with Crippen LogP contribution in [-0.4, -0.2) is 27.5 Å². The number of hydrogen-bond donors (Lipinski definition) is 2. The second kappa shape index (κ2) is 8.79. The Bertz CT molecular complexity index is 939. The van der Waals surface area contributed by atoms with E-state index in [4.69, 9.17) is 4.74 Å². The molecular weight excluding hydrogens is 371 g/mol. The molecule has 0 atom stereocenters. The molecule has 144 valence electrons. The van der Waals surface area contributed by atoms with Gasteiger partial charge in [-0.05, 0) is 61.9 Å². The Balaban J connectivity index is 2.02. The SMILES string of the molecule is COc1ccc(/C=C/C(=O)Nc2ccc(S(=O)(=O)NC(C)C)cc2)cc1F. The molecule has 0 unspecified atom stereocenters. The summed E-state index contributed by atoms with van der Waals surface area (Å²) in [5.41, 5.74) is 0.943. The molecule has 0 heterocycles. The van der Waals surface area contributed by atoms with E-state index >= 15 is 0 Å². The van der Waals surface area contributed by atoms with Gasteiger partial charge in [-0.3, -0.25) is 4.79 Å². The van der Waals surface area contributed by atoms with Crippen molar-refractivity contribution in [2.75, 3.05) is 12.4 Å². The fraction of sp³-hybridized carbons (Fsp3) is 0.211. The maximum atomic E-state index is 13.6. The van der Waals surface area contributed by atoms with Crippen molar-refractivity contribution in [2.45, 2.75) is 24.8 Å². The smallest absolute Gasteiger partial charge is 0.248 e. The van der Waals surface area contributed by atoms with Crippen LogP contribution in [0.5, 0.6) is 5.75 Å². The van der Waals surface area contributed by atoms with Crippen LogP contribution in [-0.2, 0) is 14.8 Å². The zero-order valence-corrected chi connectivity index (χ0v) is 16.0. The van der Waals surface area contributed by atoms with Gasteiger partial charge >= 0.3 is 0 Å². The van der Waals surface area contributed by atoms with Crippen molar-refractivity contribution < 1.29 is 22.3 Å². The molecule has 8 heteroatoms. The van der Waals surface area contributed by atoms with E-state index in [0.29, 0.717) is 11.3 Å². The third-order valence-corrected chi connectivity index (χ3v) is 5.10. The summed E-state index contributed by atoms with van der Waals surface area (Å²) in [6, 6.07) is 9.92. The lowest BCUT2D eigenvalue weighted by atomic mass is 10.2. The van der Waals surface area contributed by atoms with Crippen molar-refractivity contribution in [2.24, 2.45) is 0 Å². The summed E-state index contributed by atoms with van der Waals surface area (Å²) < 4.78 is 45.1. The second-order valence-corrected chi connectivity index (χ2v) is 7.73. The Kier molecular flexibility index (Phi) is 6.70. The van der Waals surface area contributed by atoms with Crippen LogP contribution >= 0.6 is 0 Å². The van der Waals surface area contributed by atoms with Crippen molar-refractivity contribution in [1.29, 1.82) is 0 Å². The third-order valence-electron chi connectivity index (χ3n) is 3.43.